The summed E-state index contributed by atoms with van der Waals surface area (Å²) in [5, 5.41) is 19.8. The van der Waals surface area contributed by atoms with E-state index in [4.69, 9.17) is 18.9 Å². The molecular weight excluding hydrogens is 228 g/mol. The predicted octanol–water partition coefficient (Wildman–Crippen LogP) is -0.603. The summed E-state index contributed by atoms with van der Waals surface area (Å²) in [5.74, 6) is 0. The normalized spacial score (nSPS) is 46.3. The fourth-order valence-corrected chi connectivity index (χ4v) is 2.00. The maximum absolute atomic E-state index is 9.94. The Bertz CT molecular complexity index is 269. The molecule has 0 saturated carbocycles. The Hall–Kier alpha value is -0.500. The quantitative estimate of drug-likeness (QED) is 0.647. The van der Waals surface area contributed by atoms with E-state index in [1.165, 1.54) is 0 Å². The van der Waals surface area contributed by atoms with Gasteiger partial charge in [-0.05, 0) is 6.92 Å². The van der Waals surface area contributed by atoms with E-state index >= 15 is 0 Å². The lowest BCUT2D eigenvalue weighted by Crippen LogP contribution is -2.62. The monoisotopic (exact) mass is 246 g/mol. The lowest BCUT2D eigenvalue weighted by atomic mass is 9.98. The van der Waals surface area contributed by atoms with Gasteiger partial charge in [-0.15, -0.1) is 6.58 Å². The average Bonchev–Trinajstić information content (AvgIpc) is 2.33. The van der Waals surface area contributed by atoms with E-state index in [2.05, 4.69) is 6.58 Å². The van der Waals surface area contributed by atoms with Crippen LogP contribution in [0.25, 0.3) is 0 Å². The summed E-state index contributed by atoms with van der Waals surface area (Å²) in [6.07, 6.45) is -2.95. The summed E-state index contributed by atoms with van der Waals surface area (Å²) in [6, 6.07) is 0. The van der Waals surface area contributed by atoms with Gasteiger partial charge in [-0.25, -0.2) is 0 Å². The van der Waals surface area contributed by atoms with Crippen molar-refractivity contribution in [1.82, 2.24) is 0 Å². The highest BCUT2D eigenvalue weighted by atomic mass is 16.8. The van der Waals surface area contributed by atoms with Crippen LogP contribution in [0, 0.1) is 0 Å². The molecule has 2 saturated heterocycles. The van der Waals surface area contributed by atoms with Crippen molar-refractivity contribution in [2.75, 3.05) is 13.2 Å². The SMILES string of the molecule is C=CCO[C@@H]1O[C@@H]2COC(C)O[C@H]2[C@H](O)[C@H]1O. The molecule has 6 nitrogen and oxygen atoms in total. The first-order chi connectivity index (χ1) is 8.13. The molecule has 17 heavy (non-hydrogen) atoms. The van der Waals surface area contributed by atoms with E-state index in [0.717, 1.165) is 0 Å². The van der Waals surface area contributed by atoms with Crippen LogP contribution in [0.1, 0.15) is 6.92 Å². The highest BCUT2D eigenvalue weighted by Crippen LogP contribution is 2.28. The lowest BCUT2D eigenvalue weighted by Gasteiger charge is -2.45. The summed E-state index contributed by atoms with van der Waals surface area (Å²) in [4.78, 5) is 0. The number of rotatable bonds is 3. The second-order valence-electron chi connectivity index (χ2n) is 4.15. The van der Waals surface area contributed by atoms with E-state index in [1.54, 1.807) is 13.0 Å². The molecular formula is C11H18O6. The molecule has 0 spiro atoms. The van der Waals surface area contributed by atoms with Gasteiger partial charge in [-0.3, -0.25) is 0 Å². The first-order valence-corrected chi connectivity index (χ1v) is 5.64. The van der Waals surface area contributed by atoms with Crippen LogP contribution >= 0.6 is 0 Å². The molecule has 2 aliphatic heterocycles. The zero-order valence-electron chi connectivity index (χ0n) is 9.69. The molecule has 0 amide bonds. The second-order valence-corrected chi connectivity index (χ2v) is 4.15. The zero-order valence-corrected chi connectivity index (χ0v) is 9.69. The van der Waals surface area contributed by atoms with Crippen LogP contribution in [0.15, 0.2) is 12.7 Å². The summed E-state index contributed by atoms with van der Waals surface area (Å²) in [6.45, 7) is 5.79. The van der Waals surface area contributed by atoms with Crippen LogP contribution in [-0.4, -0.2) is 60.4 Å². The van der Waals surface area contributed by atoms with E-state index in [9.17, 15) is 10.2 Å². The predicted molar refractivity (Wildman–Crippen MR) is 57.1 cm³/mol. The number of fused-ring (bicyclic) bond motifs is 1. The molecule has 6 atom stereocenters. The van der Waals surface area contributed by atoms with Crippen LogP contribution in [0.2, 0.25) is 0 Å². The van der Waals surface area contributed by atoms with Gasteiger partial charge >= 0.3 is 0 Å². The summed E-state index contributed by atoms with van der Waals surface area (Å²) < 4.78 is 21.4. The van der Waals surface area contributed by atoms with E-state index in [-0.39, 0.29) is 6.61 Å². The number of aliphatic hydroxyl groups excluding tert-OH is 2. The van der Waals surface area contributed by atoms with Crippen molar-refractivity contribution in [3.05, 3.63) is 12.7 Å². The maximum atomic E-state index is 9.94. The Balaban J connectivity index is 2.01. The molecule has 0 aromatic heterocycles. The third-order valence-electron chi connectivity index (χ3n) is 2.86. The van der Waals surface area contributed by atoms with Crippen molar-refractivity contribution in [1.29, 1.82) is 0 Å². The number of aliphatic hydroxyl groups is 2. The smallest absolute Gasteiger partial charge is 0.187 e. The van der Waals surface area contributed by atoms with Gasteiger partial charge in [0.25, 0.3) is 0 Å². The first kappa shape index (κ1) is 12.9. The van der Waals surface area contributed by atoms with Crippen LogP contribution in [-0.2, 0) is 18.9 Å². The molecule has 1 unspecified atom stereocenters. The molecule has 2 aliphatic rings. The van der Waals surface area contributed by atoms with Crippen molar-refractivity contribution < 1.29 is 29.2 Å². The standard InChI is InChI=1S/C11H18O6/c1-3-4-14-11-9(13)8(12)10-7(17-11)5-15-6(2)16-10/h3,6-13H,1,4-5H2,2H3/t6?,7-,8-,9-,10-,11-/m1/s1. The Kier molecular flexibility index (Phi) is 4.13. The van der Waals surface area contributed by atoms with Gasteiger partial charge in [-0.2, -0.15) is 0 Å². The van der Waals surface area contributed by atoms with Gasteiger partial charge in [0.05, 0.1) is 13.2 Å². The Morgan fingerprint density at radius 2 is 2.12 bits per heavy atom. The fourth-order valence-electron chi connectivity index (χ4n) is 2.00. The van der Waals surface area contributed by atoms with E-state index < -0.39 is 37.0 Å². The number of hydrogen-bond acceptors (Lipinski definition) is 6. The molecule has 0 aromatic carbocycles. The topological polar surface area (TPSA) is 77.4 Å². The highest BCUT2D eigenvalue weighted by Gasteiger charge is 2.48. The van der Waals surface area contributed by atoms with Crippen LogP contribution < -0.4 is 0 Å². The molecule has 0 aromatic rings. The second kappa shape index (κ2) is 5.43. The van der Waals surface area contributed by atoms with Crippen molar-refractivity contribution >= 4 is 0 Å². The summed E-state index contributed by atoms with van der Waals surface area (Å²) in [5.41, 5.74) is 0. The van der Waals surface area contributed by atoms with Crippen molar-refractivity contribution in [2.45, 2.75) is 43.9 Å². The molecule has 98 valence electrons. The van der Waals surface area contributed by atoms with E-state index in [0.29, 0.717) is 6.61 Å². The zero-order chi connectivity index (χ0) is 12.4. The Morgan fingerprint density at radius 1 is 1.35 bits per heavy atom. The number of ether oxygens (including phenoxy) is 4. The van der Waals surface area contributed by atoms with Crippen LogP contribution in [0.5, 0.6) is 0 Å². The lowest BCUT2D eigenvalue weighted by molar-refractivity contribution is -0.354. The molecule has 2 rings (SSSR count). The third-order valence-corrected chi connectivity index (χ3v) is 2.86. The summed E-state index contributed by atoms with van der Waals surface area (Å²) >= 11 is 0. The Morgan fingerprint density at radius 3 is 2.82 bits per heavy atom. The molecule has 6 heteroatoms. The van der Waals surface area contributed by atoms with Crippen molar-refractivity contribution in [2.24, 2.45) is 0 Å². The molecule has 2 heterocycles. The minimum absolute atomic E-state index is 0.240. The molecule has 2 N–H and O–H groups in total. The van der Waals surface area contributed by atoms with Crippen molar-refractivity contribution in [3.8, 4) is 0 Å². The molecule has 0 aliphatic carbocycles. The van der Waals surface area contributed by atoms with Crippen LogP contribution in [0.3, 0.4) is 0 Å². The maximum Gasteiger partial charge on any atom is 0.187 e. The Labute approximate surface area is 99.7 Å². The third kappa shape index (κ3) is 2.67. The minimum Gasteiger partial charge on any atom is -0.387 e. The molecule has 0 bridgehead atoms. The highest BCUT2D eigenvalue weighted by molar-refractivity contribution is 4.92. The van der Waals surface area contributed by atoms with Gasteiger partial charge in [0.2, 0.25) is 0 Å². The van der Waals surface area contributed by atoms with Gasteiger partial charge in [0.15, 0.2) is 12.6 Å². The minimum atomic E-state index is -1.14. The average molecular weight is 246 g/mol. The largest absolute Gasteiger partial charge is 0.387 e. The van der Waals surface area contributed by atoms with Gasteiger partial charge in [-0.1, -0.05) is 6.08 Å². The summed E-state index contributed by atoms with van der Waals surface area (Å²) in [7, 11) is 0. The first-order valence-electron chi connectivity index (χ1n) is 5.64. The van der Waals surface area contributed by atoms with Crippen LogP contribution in [0.4, 0.5) is 0 Å². The number of hydrogen-bond donors (Lipinski definition) is 2. The van der Waals surface area contributed by atoms with E-state index in [1.807, 2.05) is 0 Å². The van der Waals surface area contributed by atoms with Crippen molar-refractivity contribution in [3.63, 3.8) is 0 Å². The van der Waals surface area contributed by atoms with Gasteiger partial charge < -0.3 is 29.2 Å². The molecule has 0 radical (unpaired) electrons. The fraction of sp³-hybridized carbons (Fsp3) is 0.818. The van der Waals surface area contributed by atoms with Gasteiger partial charge in [0.1, 0.15) is 24.4 Å². The van der Waals surface area contributed by atoms with Gasteiger partial charge in [0, 0.05) is 0 Å². The molecule has 2 fully saturated rings.